The van der Waals surface area contributed by atoms with Crippen molar-refractivity contribution in [1.29, 1.82) is 0 Å². The van der Waals surface area contributed by atoms with Gasteiger partial charge in [0, 0.05) is 5.69 Å². The molecule has 0 aliphatic carbocycles. The van der Waals surface area contributed by atoms with Gasteiger partial charge in [-0.3, -0.25) is 0 Å². The molecule has 0 aliphatic heterocycles. The number of benzene rings is 1. The summed E-state index contributed by atoms with van der Waals surface area (Å²) in [5.74, 6) is 2.44. The summed E-state index contributed by atoms with van der Waals surface area (Å²) in [6, 6.07) is 5.56. The first-order chi connectivity index (χ1) is 7.86. The standard InChI is InChI=1S/C12H16N2O2S/c1-4-12(9(2)3)14-17(15,16)11-7-5-6-10(13)8-11/h1,5-9,12,14H,13H2,2-3H3. The van der Waals surface area contributed by atoms with Gasteiger partial charge in [-0.15, -0.1) is 6.42 Å². The Morgan fingerprint density at radius 3 is 2.53 bits per heavy atom. The summed E-state index contributed by atoms with van der Waals surface area (Å²) >= 11 is 0. The Kier molecular flexibility index (Phi) is 4.16. The molecule has 1 aromatic rings. The molecule has 1 aromatic carbocycles. The van der Waals surface area contributed by atoms with E-state index in [1.807, 2.05) is 13.8 Å². The number of nitrogen functional groups attached to an aromatic ring is 1. The van der Waals surface area contributed by atoms with Crippen LogP contribution in [0.1, 0.15) is 13.8 Å². The topological polar surface area (TPSA) is 72.2 Å². The maximum absolute atomic E-state index is 12.0. The van der Waals surface area contributed by atoms with E-state index in [4.69, 9.17) is 12.2 Å². The summed E-state index contributed by atoms with van der Waals surface area (Å²) in [4.78, 5) is 0.124. The summed E-state index contributed by atoms with van der Waals surface area (Å²) in [5, 5.41) is 0. The number of nitrogens with two attached hydrogens (primary N) is 1. The lowest BCUT2D eigenvalue weighted by Gasteiger charge is -2.16. The molecule has 0 aliphatic rings. The van der Waals surface area contributed by atoms with Gasteiger partial charge in [-0.25, -0.2) is 8.42 Å². The number of hydrogen-bond donors (Lipinski definition) is 2. The zero-order valence-corrected chi connectivity index (χ0v) is 10.7. The normalized spacial score (nSPS) is 13.3. The average molecular weight is 252 g/mol. The number of sulfonamides is 1. The van der Waals surface area contributed by atoms with Gasteiger partial charge < -0.3 is 5.73 Å². The predicted molar refractivity (Wildman–Crippen MR) is 68.6 cm³/mol. The van der Waals surface area contributed by atoms with E-state index in [1.54, 1.807) is 12.1 Å². The van der Waals surface area contributed by atoms with Crippen LogP contribution in [-0.2, 0) is 10.0 Å². The van der Waals surface area contributed by atoms with Crippen molar-refractivity contribution in [2.45, 2.75) is 24.8 Å². The molecule has 92 valence electrons. The molecule has 0 fully saturated rings. The van der Waals surface area contributed by atoms with Gasteiger partial charge >= 0.3 is 0 Å². The predicted octanol–water partition coefficient (Wildman–Crippen LogP) is 1.20. The van der Waals surface area contributed by atoms with E-state index >= 15 is 0 Å². The maximum atomic E-state index is 12.0. The zero-order valence-electron chi connectivity index (χ0n) is 9.84. The van der Waals surface area contributed by atoms with Gasteiger partial charge in [0.1, 0.15) is 0 Å². The van der Waals surface area contributed by atoms with Crippen LogP contribution in [0.3, 0.4) is 0 Å². The highest BCUT2D eigenvalue weighted by Gasteiger charge is 2.20. The minimum atomic E-state index is -3.61. The van der Waals surface area contributed by atoms with Crippen LogP contribution in [-0.4, -0.2) is 14.5 Å². The van der Waals surface area contributed by atoms with Crippen LogP contribution in [0.2, 0.25) is 0 Å². The molecule has 0 heterocycles. The SMILES string of the molecule is C#CC(NS(=O)(=O)c1cccc(N)c1)C(C)C. The van der Waals surface area contributed by atoms with Crippen molar-refractivity contribution in [1.82, 2.24) is 4.72 Å². The van der Waals surface area contributed by atoms with Crippen LogP contribution in [0, 0.1) is 18.3 Å². The molecule has 0 saturated carbocycles. The van der Waals surface area contributed by atoms with E-state index in [-0.39, 0.29) is 10.8 Å². The zero-order chi connectivity index (χ0) is 13.1. The molecule has 0 saturated heterocycles. The number of rotatable bonds is 4. The Balaban J connectivity index is 3.01. The summed E-state index contributed by atoms with van der Waals surface area (Å²) in [6.45, 7) is 3.71. The largest absolute Gasteiger partial charge is 0.399 e. The molecule has 1 unspecified atom stereocenters. The summed E-state index contributed by atoms with van der Waals surface area (Å²) < 4.78 is 26.5. The quantitative estimate of drug-likeness (QED) is 0.625. The lowest BCUT2D eigenvalue weighted by molar-refractivity contribution is 0.518. The van der Waals surface area contributed by atoms with Gasteiger partial charge in [0.05, 0.1) is 10.9 Å². The minimum absolute atomic E-state index is 0.0239. The molecule has 0 spiro atoms. The minimum Gasteiger partial charge on any atom is -0.399 e. The molecular weight excluding hydrogens is 236 g/mol. The van der Waals surface area contributed by atoms with Crippen molar-refractivity contribution in [2.75, 3.05) is 5.73 Å². The summed E-state index contributed by atoms with van der Waals surface area (Å²) in [7, 11) is -3.61. The first-order valence-electron chi connectivity index (χ1n) is 5.21. The monoisotopic (exact) mass is 252 g/mol. The van der Waals surface area contributed by atoms with Crippen LogP contribution < -0.4 is 10.5 Å². The second kappa shape index (κ2) is 5.21. The average Bonchev–Trinajstić information content (AvgIpc) is 2.25. The molecule has 0 bridgehead atoms. The highest BCUT2D eigenvalue weighted by atomic mass is 32.2. The lowest BCUT2D eigenvalue weighted by atomic mass is 10.1. The lowest BCUT2D eigenvalue weighted by Crippen LogP contribution is -2.37. The van der Waals surface area contributed by atoms with E-state index in [0.29, 0.717) is 5.69 Å². The third-order valence-corrected chi connectivity index (χ3v) is 3.74. The molecule has 0 aromatic heterocycles. The van der Waals surface area contributed by atoms with Crippen LogP contribution in [0.25, 0.3) is 0 Å². The first-order valence-corrected chi connectivity index (χ1v) is 6.69. The van der Waals surface area contributed by atoms with E-state index in [0.717, 1.165) is 0 Å². The van der Waals surface area contributed by atoms with Gasteiger partial charge in [0.25, 0.3) is 0 Å². The van der Waals surface area contributed by atoms with Crippen LogP contribution in [0.15, 0.2) is 29.2 Å². The second-order valence-electron chi connectivity index (χ2n) is 4.08. The fourth-order valence-corrected chi connectivity index (χ4v) is 2.64. The Morgan fingerprint density at radius 2 is 2.06 bits per heavy atom. The molecule has 17 heavy (non-hydrogen) atoms. The van der Waals surface area contributed by atoms with Gasteiger partial charge in [-0.05, 0) is 24.1 Å². The van der Waals surface area contributed by atoms with Crippen LogP contribution in [0.4, 0.5) is 5.69 Å². The van der Waals surface area contributed by atoms with Crippen molar-refractivity contribution in [3.63, 3.8) is 0 Å². The number of hydrogen-bond acceptors (Lipinski definition) is 3. The third-order valence-electron chi connectivity index (χ3n) is 2.30. The van der Waals surface area contributed by atoms with Crippen molar-refractivity contribution >= 4 is 15.7 Å². The number of anilines is 1. The van der Waals surface area contributed by atoms with Crippen LogP contribution >= 0.6 is 0 Å². The third kappa shape index (κ3) is 3.48. The van der Waals surface area contributed by atoms with Crippen molar-refractivity contribution in [3.05, 3.63) is 24.3 Å². The smallest absolute Gasteiger partial charge is 0.241 e. The number of nitrogens with one attached hydrogen (secondary N) is 1. The fourth-order valence-electron chi connectivity index (χ4n) is 1.28. The highest BCUT2D eigenvalue weighted by molar-refractivity contribution is 7.89. The fraction of sp³-hybridized carbons (Fsp3) is 0.333. The second-order valence-corrected chi connectivity index (χ2v) is 5.80. The summed E-state index contributed by atoms with van der Waals surface area (Å²) in [6.07, 6.45) is 5.29. The molecule has 1 atom stereocenters. The van der Waals surface area contributed by atoms with E-state index in [1.165, 1.54) is 12.1 Å². The molecule has 1 rings (SSSR count). The molecule has 3 N–H and O–H groups in total. The molecule has 0 radical (unpaired) electrons. The van der Waals surface area contributed by atoms with Crippen LogP contribution in [0.5, 0.6) is 0 Å². The Bertz CT molecular complexity index is 530. The van der Waals surface area contributed by atoms with Crippen molar-refractivity contribution in [2.24, 2.45) is 5.92 Å². The molecule has 0 amide bonds. The highest BCUT2D eigenvalue weighted by Crippen LogP contribution is 2.14. The van der Waals surface area contributed by atoms with Crippen molar-refractivity contribution < 1.29 is 8.42 Å². The van der Waals surface area contributed by atoms with Gasteiger partial charge in [0.2, 0.25) is 10.0 Å². The number of terminal acetylenes is 1. The van der Waals surface area contributed by atoms with Gasteiger partial charge in [-0.2, -0.15) is 4.72 Å². The first kappa shape index (κ1) is 13.6. The van der Waals surface area contributed by atoms with E-state index in [9.17, 15) is 8.42 Å². The van der Waals surface area contributed by atoms with E-state index in [2.05, 4.69) is 10.6 Å². The Labute approximate surface area is 102 Å². The molecule has 5 heteroatoms. The van der Waals surface area contributed by atoms with Gasteiger partial charge in [0.15, 0.2) is 0 Å². The summed E-state index contributed by atoms with van der Waals surface area (Å²) in [5.41, 5.74) is 5.94. The Hall–Kier alpha value is -1.51. The van der Waals surface area contributed by atoms with E-state index < -0.39 is 16.1 Å². The van der Waals surface area contributed by atoms with Crippen molar-refractivity contribution in [3.8, 4) is 12.3 Å². The molecule has 4 nitrogen and oxygen atoms in total. The maximum Gasteiger partial charge on any atom is 0.241 e. The molecular formula is C12H16N2O2S. The van der Waals surface area contributed by atoms with Gasteiger partial charge in [-0.1, -0.05) is 25.8 Å². The Morgan fingerprint density at radius 1 is 1.41 bits per heavy atom.